The highest BCUT2D eigenvalue weighted by Gasteiger charge is 2.29. The van der Waals surface area contributed by atoms with E-state index in [1.807, 2.05) is 0 Å². The van der Waals surface area contributed by atoms with Crippen LogP contribution >= 0.6 is 7.75 Å². The summed E-state index contributed by atoms with van der Waals surface area (Å²) in [7, 11) is -1.23. The normalized spacial score (nSPS) is 11.5. The maximum absolute atomic E-state index is 13.4. The van der Waals surface area contributed by atoms with E-state index < -0.39 is 7.75 Å². The SMILES string of the molecule is COc1cc(OC)nc(N/C(N)=N/P(=O)(Oc2ccccc2)Oc2ccccc2)n1. The van der Waals surface area contributed by atoms with Gasteiger partial charge in [0, 0.05) is 0 Å². The molecule has 0 unspecified atom stereocenters. The largest absolute Gasteiger partial charge is 0.566 e. The van der Waals surface area contributed by atoms with Crippen molar-refractivity contribution in [2.24, 2.45) is 10.5 Å². The predicted octanol–water partition coefficient (Wildman–Crippen LogP) is 3.49. The molecule has 0 fully saturated rings. The van der Waals surface area contributed by atoms with Gasteiger partial charge in [0.15, 0.2) is 0 Å². The Labute approximate surface area is 173 Å². The highest BCUT2D eigenvalue weighted by atomic mass is 31.2. The van der Waals surface area contributed by atoms with Gasteiger partial charge in [-0.05, 0) is 24.3 Å². The molecule has 0 spiro atoms. The van der Waals surface area contributed by atoms with Crippen LogP contribution in [0.3, 0.4) is 0 Å². The quantitative estimate of drug-likeness (QED) is 0.314. The molecule has 0 saturated heterocycles. The number of hydrogen-bond acceptors (Lipinski definition) is 7. The average molecular weight is 429 g/mol. The average Bonchev–Trinajstić information content (AvgIpc) is 2.74. The summed E-state index contributed by atoms with van der Waals surface area (Å²) in [6.45, 7) is 0. The van der Waals surface area contributed by atoms with Crippen molar-refractivity contribution in [2.45, 2.75) is 0 Å². The summed E-state index contributed by atoms with van der Waals surface area (Å²) in [4.78, 5) is 8.16. The summed E-state index contributed by atoms with van der Waals surface area (Å²) in [5.74, 6) is 0.807. The van der Waals surface area contributed by atoms with Crippen molar-refractivity contribution in [3.63, 3.8) is 0 Å². The van der Waals surface area contributed by atoms with E-state index in [2.05, 4.69) is 20.0 Å². The van der Waals surface area contributed by atoms with Gasteiger partial charge in [0.05, 0.1) is 20.3 Å². The number of hydrogen-bond donors (Lipinski definition) is 2. The molecule has 0 aliphatic carbocycles. The molecule has 3 aromatic rings. The van der Waals surface area contributed by atoms with E-state index in [9.17, 15) is 4.57 Å². The lowest BCUT2D eigenvalue weighted by Crippen LogP contribution is -2.24. The summed E-state index contributed by atoms with van der Waals surface area (Å²) in [5.41, 5.74) is 5.93. The van der Waals surface area contributed by atoms with Crippen LogP contribution in [0.15, 0.2) is 71.5 Å². The molecule has 10 nitrogen and oxygen atoms in total. The second-order valence-corrected chi connectivity index (χ2v) is 7.17. The molecule has 156 valence electrons. The maximum Gasteiger partial charge on any atom is 0.566 e. The molecule has 30 heavy (non-hydrogen) atoms. The Morgan fingerprint density at radius 2 is 1.37 bits per heavy atom. The minimum atomic E-state index is -4.11. The van der Waals surface area contributed by atoms with Crippen molar-refractivity contribution < 1.29 is 23.1 Å². The zero-order chi connectivity index (χ0) is 21.4. The van der Waals surface area contributed by atoms with Crippen LogP contribution in [0.25, 0.3) is 0 Å². The van der Waals surface area contributed by atoms with Gasteiger partial charge < -0.3 is 24.3 Å². The zero-order valence-electron chi connectivity index (χ0n) is 16.3. The summed E-state index contributed by atoms with van der Waals surface area (Å²) >= 11 is 0. The molecule has 0 bridgehead atoms. The molecule has 3 rings (SSSR count). The molecular weight excluding hydrogens is 409 g/mol. The fourth-order valence-electron chi connectivity index (χ4n) is 2.23. The molecular formula is C19H20N5O5P. The Morgan fingerprint density at radius 1 is 0.900 bits per heavy atom. The summed E-state index contributed by atoms with van der Waals surface area (Å²) < 4.78 is 38.5. The molecule has 0 radical (unpaired) electrons. The van der Waals surface area contributed by atoms with Crippen LogP contribution in [0.4, 0.5) is 5.95 Å². The molecule has 3 N–H and O–H groups in total. The molecule has 1 heterocycles. The Morgan fingerprint density at radius 3 is 1.80 bits per heavy atom. The number of methoxy groups -OCH3 is 2. The Hall–Kier alpha value is -3.78. The van der Waals surface area contributed by atoms with E-state index in [1.165, 1.54) is 20.3 Å². The van der Waals surface area contributed by atoms with Gasteiger partial charge in [-0.3, -0.25) is 5.32 Å². The summed E-state index contributed by atoms with van der Waals surface area (Å²) in [5, 5.41) is 2.63. The van der Waals surface area contributed by atoms with Crippen molar-refractivity contribution in [1.29, 1.82) is 0 Å². The molecule has 0 atom stereocenters. The van der Waals surface area contributed by atoms with Crippen molar-refractivity contribution in [3.05, 3.63) is 66.7 Å². The first-order chi connectivity index (χ1) is 14.5. The van der Waals surface area contributed by atoms with Crippen LogP contribution in [0.2, 0.25) is 0 Å². The first-order valence-electron chi connectivity index (χ1n) is 8.69. The minimum Gasteiger partial charge on any atom is -0.481 e. The molecule has 1 aromatic heterocycles. The van der Waals surface area contributed by atoms with E-state index in [4.69, 9.17) is 24.3 Å². The van der Waals surface area contributed by atoms with Crippen molar-refractivity contribution >= 4 is 19.7 Å². The van der Waals surface area contributed by atoms with Gasteiger partial charge in [-0.2, -0.15) is 9.97 Å². The Kier molecular flexibility index (Phi) is 6.71. The van der Waals surface area contributed by atoms with Crippen LogP contribution in [0.1, 0.15) is 0 Å². The molecule has 0 aliphatic rings. The number of aromatic nitrogens is 2. The van der Waals surface area contributed by atoms with Crippen LogP contribution in [0.5, 0.6) is 23.3 Å². The van der Waals surface area contributed by atoms with Gasteiger partial charge >= 0.3 is 7.75 Å². The van der Waals surface area contributed by atoms with Gasteiger partial charge in [-0.15, -0.1) is 4.76 Å². The Balaban J connectivity index is 1.89. The first kappa shape index (κ1) is 20.9. The fourth-order valence-corrected chi connectivity index (χ4v) is 3.44. The Bertz CT molecular complexity index is 982. The van der Waals surface area contributed by atoms with E-state index in [-0.39, 0.29) is 23.7 Å². The predicted molar refractivity (Wildman–Crippen MR) is 112 cm³/mol. The number of guanidine groups is 1. The van der Waals surface area contributed by atoms with E-state index >= 15 is 0 Å². The number of nitrogens with zero attached hydrogens (tertiary/aromatic N) is 3. The van der Waals surface area contributed by atoms with Gasteiger partial charge in [0.1, 0.15) is 11.5 Å². The molecule has 2 aromatic carbocycles. The molecule has 0 amide bonds. The van der Waals surface area contributed by atoms with Gasteiger partial charge in [0.25, 0.3) is 0 Å². The number of nitrogens with two attached hydrogens (primary N) is 1. The second kappa shape index (κ2) is 9.62. The number of nitrogens with one attached hydrogen (secondary N) is 1. The third kappa shape index (κ3) is 5.86. The van der Waals surface area contributed by atoms with Gasteiger partial charge in [0.2, 0.25) is 23.7 Å². The number of benzene rings is 2. The maximum atomic E-state index is 13.4. The smallest absolute Gasteiger partial charge is 0.481 e. The van der Waals surface area contributed by atoms with E-state index in [0.29, 0.717) is 11.5 Å². The van der Waals surface area contributed by atoms with E-state index in [1.54, 1.807) is 60.7 Å². The van der Waals surface area contributed by atoms with Crippen LogP contribution in [-0.2, 0) is 4.57 Å². The lowest BCUT2D eigenvalue weighted by Gasteiger charge is -2.16. The third-order valence-electron chi connectivity index (χ3n) is 3.50. The van der Waals surface area contributed by atoms with Crippen LogP contribution in [0, 0.1) is 0 Å². The third-order valence-corrected chi connectivity index (χ3v) is 4.84. The molecule has 0 aliphatic heterocycles. The summed E-state index contributed by atoms with van der Waals surface area (Å²) in [6, 6.07) is 18.5. The highest BCUT2D eigenvalue weighted by molar-refractivity contribution is 7.53. The van der Waals surface area contributed by atoms with Crippen molar-refractivity contribution in [2.75, 3.05) is 19.5 Å². The van der Waals surface area contributed by atoms with Crippen molar-refractivity contribution in [1.82, 2.24) is 9.97 Å². The fraction of sp³-hybridized carbons (Fsp3) is 0.105. The van der Waals surface area contributed by atoms with Crippen molar-refractivity contribution in [3.8, 4) is 23.3 Å². The topological polar surface area (TPSA) is 130 Å². The standard InChI is InChI=1S/C19H20N5O5P/c1-26-16-13-17(27-2)22-19(21-16)23-18(20)24-30(25,28-14-9-5-3-6-10-14)29-15-11-7-4-8-12-15/h3-13H,1-2H3,(H3,20,21,22,23,24,25). The van der Waals surface area contributed by atoms with Crippen LogP contribution < -0.4 is 29.6 Å². The lowest BCUT2D eigenvalue weighted by atomic mass is 10.3. The lowest BCUT2D eigenvalue weighted by molar-refractivity contribution is 0.373. The second-order valence-electron chi connectivity index (χ2n) is 5.66. The molecule has 11 heteroatoms. The zero-order valence-corrected chi connectivity index (χ0v) is 17.2. The number of anilines is 1. The van der Waals surface area contributed by atoms with Gasteiger partial charge in [-0.1, -0.05) is 36.4 Å². The van der Waals surface area contributed by atoms with Crippen LogP contribution in [-0.4, -0.2) is 30.1 Å². The van der Waals surface area contributed by atoms with E-state index in [0.717, 1.165) is 0 Å². The summed E-state index contributed by atoms with van der Waals surface area (Å²) in [6.07, 6.45) is 0. The van der Waals surface area contributed by atoms with Gasteiger partial charge in [-0.25, -0.2) is 4.57 Å². The highest BCUT2D eigenvalue weighted by Crippen LogP contribution is 2.49. The number of para-hydroxylation sites is 2. The molecule has 0 saturated carbocycles. The first-order valence-corrected chi connectivity index (χ1v) is 10.2. The monoisotopic (exact) mass is 429 g/mol. The number of rotatable bonds is 8. The minimum absolute atomic E-state index is 0.0263. The number of ether oxygens (including phenoxy) is 2.